The van der Waals surface area contributed by atoms with E-state index in [2.05, 4.69) is 39.3 Å². The summed E-state index contributed by atoms with van der Waals surface area (Å²) in [5, 5.41) is 6.78. The minimum atomic E-state index is 0.544. The summed E-state index contributed by atoms with van der Waals surface area (Å²) in [5.74, 6) is 2.90. The molecule has 24 heavy (non-hydrogen) atoms. The van der Waals surface area contributed by atoms with Gasteiger partial charge in [0.1, 0.15) is 5.82 Å². The molecule has 1 aliphatic heterocycles. The van der Waals surface area contributed by atoms with Gasteiger partial charge in [-0.15, -0.1) is 0 Å². The zero-order valence-corrected chi connectivity index (χ0v) is 15.9. The van der Waals surface area contributed by atoms with Crippen LogP contribution in [0.15, 0.2) is 6.07 Å². The summed E-state index contributed by atoms with van der Waals surface area (Å²) in [6.45, 7) is 10.2. The molecule has 1 saturated heterocycles. The molecule has 7 heteroatoms. The molecule has 0 aromatic carbocycles. The van der Waals surface area contributed by atoms with Crippen molar-refractivity contribution in [2.75, 3.05) is 43.6 Å². The van der Waals surface area contributed by atoms with Gasteiger partial charge in [0.15, 0.2) is 5.11 Å². The highest BCUT2D eigenvalue weighted by Crippen LogP contribution is 2.25. The Hall–Kier alpha value is -1.47. The molecule has 0 bridgehead atoms. The maximum atomic E-state index is 5.31. The Morgan fingerprint density at radius 3 is 2.71 bits per heavy atom. The highest BCUT2D eigenvalue weighted by atomic mass is 32.1. The Morgan fingerprint density at radius 1 is 1.33 bits per heavy atom. The van der Waals surface area contributed by atoms with Gasteiger partial charge in [0, 0.05) is 45.1 Å². The van der Waals surface area contributed by atoms with Crippen LogP contribution in [0.2, 0.25) is 0 Å². The molecule has 1 fully saturated rings. The maximum Gasteiger partial charge on any atom is 0.231 e. The first kappa shape index (κ1) is 18.9. The average molecular weight is 352 g/mol. The molecule has 1 aliphatic rings. The lowest BCUT2D eigenvalue weighted by molar-refractivity contribution is 0.196. The molecule has 2 N–H and O–H groups in total. The second kappa shape index (κ2) is 9.13. The summed E-state index contributed by atoms with van der Waals surface area (Å²) in [7, 11) is 1.70. The molecule has 1 aromatic rings. The lowest BCUT2D eigenvalue weighted by atomic mass is 9.92. The van der Waals surface area contributed by atoms with Gasteiger partial charge >= 0.3 is 0 Å². The van der Waals surface area contributed by atoms with Crippen LogP contribution in [0.1, 0.15) is 32.4 Å². The standard InChI is InChI=1S/C17H29N5OS/c1-12-8-13(2)11-22(10-12)15-9-14(3)19-16(20-15)21-17(24)18-6-5-7-23-4/h9,12-13H,5-8,10-11H2,1-4H3,(H2,18,19,20,21,24). The Balaban J connectivity index is 1.99. The van der Waals surface area contributed by atoms with Crippen LogP contribution in [-0.4, -0.2) is 48.4 Å². The number of hydrogen-bond acceptors (Lipinski definition) is 5. The van der Waals surface area contributed by atoms with E-state index in [0.717, 1.165) is 37.6 Å². The zero-order valence-electron chi connectivity index (χ0n) is 15.1. The molecule has 2 unspecified atom stereocenters. The largest absolute Gasteiger partial charge is 0.385 e. The summed E-state index contributed by atoms with van der Waals surface area (Å²) in [5.41, 5.74) is 0.940. The minimum Gasteiger partial charge on any atom is -0.385 e. The Kier molecular flexibility index (Phi) is 7.17. The molecular weight excluding hydrogens is 322 g/mol. The Bertz CT molecular complexity index is 544. The number of hydrogen-bond donors (Lipinski definition) is 2. The van der Waals surface area contributed by atoms with Crippen molar-refractivity contribution in [2.24, 2.45) is 11.8 Å². The number of rotatable bonds is 6. The van der Waals surface area contributed by atoms with Gasteiger partial charge < -0.3 is 20.3 Å². The van der Waals surface area contributed by atoms with Gasteiger partial charge in [-0.2, -0.15) is 4.98 Å². The Morgan fingerprint density at radius 2 is 2.04 bits per heavy atom. The van der Waals surface area contributed by atoms with E-state index in [9.17, 15) is 0 Å². The summed E-state index contributed by atoms with van der Waals surface area (Å²) in [6, 6.07) is 2.05. The number of nitrogens with zero attached hydrogens (tertiary/aromatic N) is 3. The van der Waals surface area contributed by atoms with E-state index < -0.39 is 0 Å². The van der Waals surface area contributed by atoms with Crippen LogP contribution in [0, 0.1) is 18.8 Å². The van der Waals surface area contributed by atoms with Crippen molar-refractivity contribution in [1.82, 2.24) is 15.3 Å². The molecule has 6 nitrogen and oxygen atoms in total. The second-order valence-corrected chi connectivity index (χ2v) is 7.18. The first-order valence-corrected chi connectivity index (χ1v) is 9.03. The smallest absolute Gasteiger partial charge is 0.231 e. The van der Waals surface area contributed by atoms with Crippen molar-refractivity contribution in [3.63, 3.8) is 0 Å². The molecule has 0 saturated carbocycles. The van der Waals surface area contributed by atoms with Gasteiger partial charge in [0.2, 0.25) is 5.95 Å². The molecule has 0 aliphatic carbocycles. The molecule has 0 amide bonds. The predicted octanol–water partition coefficient (Wildman–Crippen LogP) is 2.59. The minimum absolute atomic E-state index is 0.544. The van der Waals surface area contributed by atoms with Crippen molar-refractivity contribution in [2.45, 2.75) is 33.6 Å². The lowest BCUT2D eigenvalue weighted by Crippen LogP contribution is -2.39. The van der Waals surface area contributed by atoms with Gasteiger partial charge in [-0.05, 0) is 43.8 Å². The maximum absolute atomic E-state index is 5.31. The van der Waals surface area contributed by atoms with Crippen molar-refractivity contribution < 1.29 is 4.74 Å². The van der Waals surface area contributed by atoms with Crippen LogP contribution in [0.25, 0.3) is 0 Å². The van der Waals surface area contributed by atoms with E-state index in [1.54, 1.807) is 7.11 Å². The fourth-order valence-electron chi connectivity index (χ4n) is 3.18. The van der Waals surface area contributed by atoms with E-state index in [-0.39, 0.29) is 0 Å². The van der Waals surface area contributed by atoms with Crippen molar-refractivity contribution in [3.8, 4) is 0 Å². The number of thiocarbonyl (C=S) groups is 1. The van der Waals surface area contributed by atoms with E-state index in [1.165, 1.54) is 6.42 Å². The molecule has 2 heterocycles. The summed E-state index contributed by atoms with van der Waals surface area (Å²) < 4.78 is 5.02. The van der Waals surface area contributed by atoms with Gasteiger partial charge in [-0.3, -0.25) is 0 Å². The molecule has 0 radical (unpaired) electrons. The fraction of sp³-hybridized carbons (Fsp3) is 0.706. The number of aromatic nitrogens is 2. The van der Waals surface area contributed by atoms with Crippen LogP contribution < -0.4 is 15.5 Å². The number of ether oxygens (including phenoxy) is 1. The number of piperidine rings is 1. The van der Waals surface area contributed by atoms with Gasteiger partial charge in [-0.1, -0.05) is 13.8 Å². The van der Waals surface area contributed by atoms with Crippen molar-refractivity contribution in [3.05, 3.63) is 11.8 Å². The zero-order chi connectivity index (χ0) is 17.5. The van der Waals surface area contributed by atoms with E-state index in [0.29, 0.717) is 29.5 Å². The van der Waals surface area contributed by atoms with E-state index in [1.807, 2.05) is 13.0 Å². The first-order chi connectivity index (χ1) is 11.5. The SMILES string of the molecule is COCCCNC(=S)Nc1nc(C)cc(N2CC(C)CC(C)C2)n1. The topological polar surface area (TPSA) is 62.3 Å². The average Bonchev–Trinajstić information content (AvgIpc) is 2.50. The molecule has 134 valence electrons. The summed E-state index contributed by atoms with van der Waals surface area (Å²) in [4.78, 5) is 11.5. The Labute approximate surface area is 150 Å². The molecular formula is C17H29N5OS. The highest BCUT2D eigenvalue weighted by Gasteiger charge is 2.23. The monoisotopic (exact) mass is 351 g/mol. The van der Waals surface area contributed by atoms with Gasteiger partial charge in [0.25, 0.3) is 0 Å². The lowest BCUT2D eigenvalue weighted by Gasteiger charge is -2.36. The van der Waals surface area contributed by atoms with E-state index in [4.69, 9.17) is 17.0 Å². The third-order valence-electron chi connectivity index (χ3n) is 4.07. The normalized spacial score (nSPS) is 20.8. The molecule has 2 rings (SSSR count). The summed E-state index contributed by atoms with van der Waals surface area (Å²) in [6.07, 6.45) is 2.18. The molecule has 0 spiro atoms. The van der Waals surface area contributed by atoms with Crippen LogP contribution in [-0.2, 0) is 4.74 Å². The van der Waals surface area contributed by atoms with Crippen molar-refractivity contribution in [1.29, 1.82) is 0 Å². The molecule has 1 aromatic heterocycles. The third kappa shape index (κ3) is 5.87. The van der Waals surface area contributed by atoms with Crippen LogP contribution in [0.3, 0.4) is 0 Å². The first-order valence-electron chi connectivity index (χ1n) is 8.62. The van der Waals surface area contributed by atoms with Crippen LogP contribution in [0.4, 0.5) is 11.8 Å². The predicted molar refractivity (Wildman–Crippen MR) is 103 cm³/mol. The highest BCUT2D eigenvalue weighted by molar-refractivity contribution is 7.80. The van der Waals surface area contributed by atoms with Crippen LogP contribution in [0.5, 0.6) is 0 Å². The number of methoxy groups -OCH3 is 1. The van der Waals surface area contributed by atoms with Gasteiger partial charge in [0.05, 0.1) is 0 Å². The van der Waals surface area contributed by atoms with E-state index >= 15 is 0 Å². The summed E-state index contributed by atoms with van der Waals surface area (Å²) >= 11 is 5.31. The fourth-order valence-corrected chi connectivity index (χ4v) is 3.38. The number of anilines is 2. The van der Waals surface area contributed by atoms with Crippen molar-refractivity contribution >= 4 is 29.1 Å². The third-order valence-corrected chi connectivity index (χ3v) is 4.32. The van der Waals surface area contributed by atoms with Gasteiger partial charge in [-0.25, -0.2) is 4.98 Å². The molecule has 2 atom stereocenters. The van der Waals surface area contributed by atoms with Crippen LogP contribution >= 0.6 is 12.2 Å². The number of nitrogens with one attached hydrogen (secondary N) is 2. The second-order valence-electron chi connectivity index (χ2n) is 6.77. The quantitative estimate of drug-likeness (QED) is 0.603. The number of aryl methyl sites for hydroxylation is 1.